The second-order valence-corrected chi connectivity index (χ2v) is 1.48. The lowest BCUT2D eigenvalue weighted by Gasteiger charge is -1.89. The molecule has 3 nitrogen and oxygen atoms in total. The topological polar surface area (TPSA) is 30.7 Å². The average molecular weight is 181 g/mol. The second-order valence-electron chi connectivity index (χ2n) is 1.48. The molecule has 0 radical (unpaired) electrons. The van der Waals surface area contributed by atoms with E-state index in [0.29, 0.717) is 5.82 Å². The fraction of sp³-hybridized carbons (Fsp3) is 0.400. The lowest BCUT2D eigenvalue weighted by molar-refractivity contribution is 1.08. The lowest BCUT2D eigenvalue weighted by Crippen LogP contribution is -1.85. The van der Waals surface area contributed by atoms with Gasteiger partial charge in [0.25, 0.3) is 0 Å². The third kappa shape index (κ3) is 4.95. The van der Waals surface area contributed by atoms with Crippen molar-refractivity contribution < 1.29 is 0 Å². The Morgan fingerprint density at radius 3 is 2.08 bits per heavy atom. The minimum atomic E-state index is 0.713. The second kappa shape index (κ2) is 10.6. The number of nitrogens with zero attached hydrogens (tertiary/aromatic N) is 3. The molecule has 1 heterocycles. The van der Waals surface area contributed by atoms with Gasteiger partial charge in [-0.25, -0.2) is 0 Å². The molecule has 1 aromatic heterocycles. The molecule has 0 fully saturated rings. The molecule has 1 rings (SSSR count). The van der Waals surface area contributed by atoms with E-state index in [1.807, 2.05) is 27.7 Å². The maximum absolute atomic E-state index is 3.73. The quantitative estimate of drug-likeness (QED) is 0.702. The van der Waals surface area contributed by atoms with Crippen LogP contribution in [0.25, 0.3) is 12.3 Å². The van der Waals surface area contributed by atoms with Gasteiger partial charge in [-0.15, -0.1) is 10.2 Å². The van der Waals surface area contributed by atoms with Crippen LogP contribution >= 0.6 is 0 Å². The molecule has 0 aliphatic heterocycles. The number of hydrogen-bond acceptors (Lipinski definition) is 2. The molecule has 0 aliphatic carbocycles. The zero-order valence-corrected chi connectivity index (χ0v) is 8.99. The van der Waals surface area contributed by atoms with Crippen molar-refractivity contribution in [3.05, 3.63) is 25.3 Å². The minimum Gasteiger partial charge on any atom is -0.290 e. The van der Waals surface area contributed by atoms with Crippen molar-refractivity contribution in [3.63, 3.8) is 0 Å². The third-order valence-electron chi connectivity index (χ3n) is 0.980. The van der Waals surface area contributed by atoms with Crippen LogP contribution in [0.1, 0.15) is 33.5 Å². The summed E-state index contributed by atoms with van der Waals surface area (Å²) in [5.74, 6) is 0.713. The summed E-state index contributed by atoms with van der Waals surface area (Å²) in [6.45, 7) is 15.1. The molecule has 1 aromatic rings. The van der Waals surface area contributed by atoms with Crippen molar-refractivity contribution in [2.24, 2.45) is 0 Å². The molecule has 0 saturated carbocycles. The first-order valence-corrected chi connectivity index (χ1v) is 4.53. The first-order chi connectivity index (χ1) is 6.38. The largest absolute Gasteiger partial charge is 0.290 e. The van der Waals surface area contributed by atoms with E-state index in [9.17, 15) is 0 Å². The first-order valence-electron chi connectivity index (χ1n) is 4.53. The summed E-state index contributed by atoms with van der Waals surface area (Å²) in [5.41, 5.74) is 0. The van der Waals surface area contributed by atoms with Crippen molar-refractivity contribution in [1.29, 1.82) is 0 Å². The molecule has 0 amide bonds. The molecule has 0 spiro atoms. The van der Waals surface area contributed by atoms with Crippen LogP contribution in [0.4, 0.5) is 0 Å². The van der Waals surface area contributed by atoms with Gasteiger partial charge >= 0.3 is 0 Å². The van der Waals surface area contributed by atoms with Crippen molar-refractivity contribution in [1.82, 2.24) is 14.8 Å². The van der Waals surface area contributed by atoms with Crippen molar-refractivity contribution >= 4 is 12.3 Å². The van der Waals surface area contributed by atoms with E-state index in [0.717, 1.165) is 0 Å². The van der Waals surface area contributed by atoms with E-state index < -0.39 is 0 Å². The SMILES string of the molecule is C=Cc1nncn1C=C.CC.CC. The predicted octanol–water partition coefficient (Wildman–Crippen LogP) is 3.07. The first kappa shape index (κ1) is 14.2. The zero-order chi connectivity index (χ0) is 10.7. The molecule has 0 saturated heterocycles. The van der Waals surface area contributed by atoms with E-state index in [-0.39, 0.29) is 0 Å². The van der Waals surface area contributed by atoms with Crippen molar-refractivity contribution in [2.45, 2.75) is 27.7 Å². The van der Waals surface area contributed by atoms with Gasteiger partial charge in [-0.2, -0.15) is 0 Å². The molecule has 0 aliphatic rings. The van der Waals surface area contributed by atoms with Gasteiger partial charge in [0.1, 0.15) is 6.33 Å². The Bertz CT molecular complexity index is 203. The van der Waals surface area contributed by atoms with Gasteiger partial charge in [0, 0.05) is 6.20 Å². The Morgan fingerprint density at radius 2 is 1.77 bits per heavy atom. The summed E-state index contributed by atoms with van der Waals surface area (Å²) >= 11 is 0. The van der Waals surface area contributed by atoms with Crippen LogP contribution in [0.2, 0.25) is 0 Å². The monoisotopic (exact) mass is 181 g/mol. The molecule has 0 unspecified atom stereocenters. The van der Waals surface area contributed by atoms with Crippen LogP contribution in [0.5, 0.6) is 0 Å². The summed E-state index contributed by atoms with van der Waals surface area (Å²) in [6.07, 6.45) is 4.82. The van der Waals surface area contributed by atoms with Gasteiger partial charge in [-0.3, -0.25) is 4.57 Å². The number of rotatable bonds is 2. The van der Waals surface area contributed by atoms with Gasteiger partial charge < -0.3 is 0 Å². The number of aromatic nitrogens is 3. The van der Waals surface area contributed by atoms with Crippen molar-refractivity contribution in [2.75, 3.05) is 0 Å². The molecule has 0 atom stereocenters. The molecule has 13 heavy (non-hydrogen) atoms. The molecule has 0 aromatic carbocycles. The highest BCUT2D eigenvalue weighted by Gasteiger charge is 1.91. The van der Waals surface area contributed by atoms with E-state index >= 15 is 0 Å². The fourth-order valence-electron chi connectivity index (χ4n) is 0.538. The van der Waals surface area contributed by atoms with E-state index in [1.165, 1.54) is 0 Å². The summed E-state index contributed by atoms with van der Waals surface area (Å²) in [4.78, 5) is 0. The average Bonchev–Trinajstić information content (AvgIpc) is 2.70. The molecule has 0 bridgehead atoms. The third-order valence-corrected chi connectivity index (χ3v) is 0.980. The normalized spacial score (nSPS) is 7.08. The predicted molar refractivity (Wildman–Crippen MR) is 59.2 cm³/mol. The standard InChI is InChI=1S/C6H7N3.2C2H6/c1-3-6-8-7-5-9(6)4-2;2*1-2/h3-5H,1-2H2;2*1-2H3. The van der Waals surface area contributed by atoms with E-state index in [2.05, 4.69) is 23.4 Å². The van der Waals surface area contributed by atoms with Crippen molar-refractivity contribution in [3.8, 4) is 0 Å². The molecular formula is C10H19N3. The summed E-state index contributed by atoms with van der Waals surface area (Å²) in [5, 5.41) is 7.36. The van der Waals surface area contributed by atoms with Crippen LogP contribution in [0, 0.1) is 0 Å². The molecule has 74 valence electrons. The zero-order valence-electron chi connectivity index (χ0n) is 8.99. The van der Waals surface area contributed by atoms with Gasteiger partial charge in [-0.1, -0.05) is 40.9 Å². The van der Waals surface area contributed by atoms with E-state index in [4.69, 9.17) is 0 Å². The smallest absolute Gasteiger partial charge is 0.159 e. The van der Waals surface area contributed by atoms with Crippen LogP contribution in [-0.2, 0) is 0 Å². The van der Waals surface area contributed by atoms with Crippen LogP contribution in [0.3, 0.4) is 0 Å². The van der Waals surface area contributed by atoms with Gasteiger partial charge in [-0.05, 0) is 6.08 Å². The maximum Gasteiger partial charge on any atom is 0.159 e. The van der Waals surface area contributed by atoms with Gasteiger partial charge in [0.2, 0.25) is 0 Å². The van der Waals surface area contributed by atoms with E-state index in [1.54, 1.807) is 23.2 Å². The number of hydrogen-bond donors (Lipinski definition) is 0. The summed E-state index contributed by atoms with van der Waals surface area (Å²) in [7, 11) is 0. The highest BCUT2D eigenvalue weighted by Crippen LogP contribution is 1.94. The van der Waals surface area contributed by atoms with Crippen LogP contribution < -0.4 is 0 Å². The lowest BCUT2D eigenvalue weighted by atomic mass is 10.6. The Hall–Kier alpha value is -1.38. The van der Waals surface area contributed by atoms with Gasteiger partial charge in [0.05, 0.1) is 0 Å². The molecule has 0 N–H and O–H groups in total. The highest BCUT2D eigenvalue weighted by molar-refractivity contribution is 5.40. The molecular weight excluding hydrogens is 162 g/mol. The summed E-state index contributed by atoms with van der Waals surface area (Å²) in [6, 6.07) is 0. The Morgan fingerprint density at radius 1 is 1.23 bits per heavy atom. The minimum absolute atomic E-state index is 0.713. The van der Waals surface area contributed by atoms with Gasteiger partial charge in [0.15, 0.2) is 5.82 Å². The Labute approximate surface area is 80.8 Å². The Kier molecular flexibility index (Phi) is 11.6. The fourth-order valence-corrected chi connectivity index (χ4v) is 0.538. The van der Waals surface area contributed by atoms with Crippen LogP contribution in [0.15, 0.2) is 19.5 Å². The van der Waals surface area contributed by atoms with Crippen LogP contribution in [-0.4, -0.2) is 14.8 Å². The highest BCUT2D eigenvalue weighted by atomic mass is 15.2. The molecule has 3 heteroatoms. The summed E-state index contributed by atoms with van der Waals surface area (Å²) < 4.78 is 1.69. The Balaban J connectivity index is 0. The maximum atomic E-state index is 3.73.